The van der Waals surface area contributed by atoms with E-state index in [0.717, 1.165) is 12.1 Å². The highest BCUT2D eigenvalue weighted by Gasteiger charge is 2.31. The van der Waals surface area contributed by atoms with Crippen LogP contribution in [0.2, 0.25) is 0 Å². The number of nitrogens with zero attached hydrogens (tertiary/aromatic N) is 1. The number of alkyl halides is 3. The van der Waals surface area contributed by atoms with E-state index in [1.807, 2.05) is 0 Å². The Morgan fingerprint density at radius 3 is 2.38 bits per heavy atom. The van der Waals surface area contributed by atoms with Crippen LogP contribution in [0.25, 0.3) is 6.08 Å². The number of esters is 1. The fraction of sp³-hybridized carbons (Fsp3) is 0.429. The number of hydrogen-bond acceptors (Lipinski definition) is 4. The molecule has 1 aromatic rings. The van der Waals surface area contributed by atoms with Crippen molar-refractivity contribution in [3.05, 3.63) is 29.5 Å². The maximum atomic E-state index is 12.6. The van der Waals surface area contributed by atoms with Gasteiger partial charge in [0.05, 0.1) is 12.7 Å². The highest BCUT2D eigenvalue weighted by Crippen LogP contribution is 2.31. The van der Waals surface area contributed by atoms with Gasteiger partial charge in [-0.25, -0.2) is 9.78 Å². The van der Waals surface area contributed by atoms with Gasteiger partial charge in [-0.05, 0) is 32.9 Å². The van der Waals surface area contributed by atoms with Crippen molar-refractivity contribution in [2.45, 2.75) is 32.5 Å². The SMILES string of the molecule is COc1ncc(C(F)(F)F)cc1/C=C/C(=O)OC(C)(C)C. The van der Waals surface area contributed by atoms with Gasteiger partial charge in [0.1, 0.15) is 5.60 Å². The Labute approximate surface area is 120 Å². The van der Waals surface area contributed by atoms with Gasteiger partial charge in [-0.1, -0.05) is 0 Å². The van der Waals surface area contributed by atoms with Crippen molar-refractivity contribution in [2.24, 2.45) is 0 Å². The third kappa shape index (κ3) is 5.45. The molecule has 0 amide bonds. The molecular formula is C14H16F3NO3. The summed E-state index contributed by atoms with van der Waals surface area (Å²) in [5.74, 6) is -0.676. The van der Waals surface area contributed by atoms with Crippen LogP contribution in [0.15, 0.2) is 18.3 Å². The summed E-state index contributed by atoms with van der Waals surface area (Å²) in [5, 5.41) is 0. The lowest BCUT2D eigenvalue weighted by Gasteiger charge is -2.18. The number of halogens is 3. The monoisotopic (exact) mass is 303 g/mol. The first-order valence-electron chi connectivity index (χ1n) is 6.05. The molecule has 0 spiro atoms. The normalized spacial score (nSPS) is 12.5. The van der Waals surface area contributed by atoms with E-state index in [1.165, 1.54) is 13.2 Å². The molecule has 1 aromatic heterocycles. The standard InChI is InChI=1S/C14H16F3NO3/c1-13(2,3)21-11(19)6-5-9-7-10(14(15,16)17)8-18-12(9)20-4/h5-8H,1-4H3/b6-5+. The molecule has 0 aromatic carbocycles. The Bertz CT molecular complexity index is 545. The predicted molar refractivity (Wildman–Crippen MR) is 70.7 cm³/mol. The van der Waals surface area contributed by atoms with Gasteiger partial charge in [-0.2, -0.15) is 13.2 Å². The lowest BCUT2D eigenvalue weighted by molar-refractivity contribution is -0.148. The summed E-state index contributed by atoms with van der Waals surface area (Å²) in [5.41, 5.74) is -1.57. The first kappa shape index (κ1) is 17.0. The average molecular weight is 303 g/mol. The van der Waals surface area contributed by atoms with Crippen molar-refractivity contribution < 1.29 is 27.4 Å². The minimum absolute atomic E-state index is 0.0113. The zero-order chi connectivity index (χ0) is 16.3. The molecule has 116 valence electrons. The van der Waals surface area contributed by atoms with Crippen molar-refractivity contribution in [1.82, 2.24) is 4.98 Å². The zero-order valence-corrected chi connectivity index (χ0v) is 12.1. The van der Waals surface area contributed by atoms with Crippen LogP contribution in [-0.4, -0.2) is 23.7 Å². The molecule has 0 bridgehead atoms. The second-order valence-electron chi connectivity index (χ2n) is 5.19. The third-order valence-electron chi connectivity index (χ3n) is 2.21. The minimum atomic E-state index is -4.52. The highest BCUT2D eigenvalue weighted by atomic mass is 19.4. The van der Waals surface area contributed by atoms with Gasteiger partial charge in [0, 0.05) is 17.8 Å². The van der Waals surface area contributed by atoms with Gasteiger partial charge < -0.3 is 9.47 Å². The Balaban J connectivity index is 3.03. The maximum Gasteiger partial charge on any atom is 0.417 e. The van der Waals surface area contributed by atoms with E-state index < -0.39 is 23.3 Å². The number of carbonyl (C=O) groups is 1. The highest BCUT2D eigenvalue weighted by molar-refractivity contribution is 5.87. The number of aromatic nitrogens is 1. The van der Waals surface area contributed by atoms with Crippen LogP contribution < -0.4 is 4.74 Å². The zero-order valence-electron chi connectivity index (χ0n) is 12.1. The molecule has 0 radical (unpaired) electrons. The van der Waals surface area contributed by atoms with E-state index >= 15 is 0 Å². The van der Waals surface area contributed by atoms with Crippen molar-refractivity contribution in [3.8, 4) is 5.88 Å². The number of ether oxygens (including phenoxy) is 2. The van der Waals surface area contributed by atoms with E-state index in [9.17, 15) is 18.0 Å². The quantitative estimate of drug-likeness (QED) is 0.634. The molecular weight excluding hydrogens is 287 g/mol. The lowest BCUT2D eigenvalue weighted by Crippen LogP contribution is -2.22. The lowest BCUT2D eigenvalue weighted by atomic mass is 10.1. The summed E-state index contributed by atoms with van der Waals surface area (Å²) in [6.07, 6.45) is -1.64. The molecule has 1 heterocycles. The van der Waals surface area contributed by atoms with E-state index in [2.05, 4.69) is 4.98 Å². The Hall–Kier alpha value is -2.05. The Morgan fingerprint density at radius 2 is 1.90 bits per heavy atom. The molecule has 0 aliphatic rings. The molecule has 0 unspecified atom stereocenters. The molecule has 0 aliphatic carbocycles. The van der Waals surface area contributed by atoms with E-state index in [4.69, 9.17) is 9.47 Å². The molecule has 0 atom stereocenters. The van der Waals surface area contributed by atoms with Crippen molar-refractivity contribution >= 4 is 12.0 Å². The summed E-state index contributed by atoms with van der Waals surface area (Å²) in [7, 11) is 1.28. The van der Waals surface area contributed by atoms with E-state index in [0.29, 0.717) is 6.20 Å². The number of pyridine rings is 1. The maximum absolute atomic E-state index is 12.6. The topological polar surface area (TPSA) is 48.4 Å². The number of hydrogen-bond donors (Lipinski definition) is 0. The van der Waals surface area contributed by atoms with Crippen molar-refractivity contribution in [2.75, 3.05) is 7.11 Å². The van der Waals surface area contributed by atoms with Crippen LogP contribution in [0.3, 0.4) is 0 Å². The molecule has 0 saturated heterocycles. The molecule has 0 N–H and O–H groups in total. The average Bonchev–Trinajstić information content (AvgIpc) is 2.32. The minimum Gasteiger partial charge on any atom is -0.481 e. The molecule has 0 aliphatic heterocycles. The van der Waals surface area contributed by atoms with Crippen LogP contribution in [0.1, 0.15) is 31.9 Å². The van der Waals surface area contributed by atoms with E-state index in [1.54, 1.807) is 20.8 Å². The van der Waals surface area contributed by atoms with Crippen LogP contribution in [-0.2, 0) is 15.7 Å². The second kappa shape index (κ2) is 6.15. The molecule has 7 heteroatoms. The van der Waals surface area contributed by atoms with Crippen molar-refractivity contribution in [3.63, 3.8) is 0 Å². The number of rotatable bonds is 3. The molecule has 1 rings (SSSR count). The van der Waals surface area contributed by atoms with Gasteiger partial charge in [0.25, 0.3) is 0 Å². The van der Waals surface area contributed by atoms with Gasteiger partial charge >= 0.3 is 12.1 Å². The molecule has 4 nitrogen and oxygen atoms in total. The fourth-order valence-electron chi connectivity index (χ4n) is 1.41. The van der Waals surface area contributed by atoms with Gasteiger partial charge in [-0.15, -0.1) is 0 Å². The molecule has 21 heavy (non-hydrogen) atoms. The van der Waals surface area contributed by atoms with Crippen LogP contribution in [0, 0.1) is 0 Å². The van der Waals surface area contributed by atoms with Gasteiger partial charge in [0.15, 0.2) is 0 Å². The largest absolute Gasteiger partial charge is 0.481 e. The predicted octanol–water partition coefficient (Wildman–Crippen LogP) is 3.46. The summed E-state index contributed by atoms with van der Waals surface area (Å²) in [4.78, 5) is 15.1. The fourth-order valence-corrected chi connectivity index (χ4v) is 1.41. The van der Waals surface area contributed by atoms with Crippen molar-refractivity contribution in [1.29, 1.82) is 0 Å². The van der Waals surface area contributed by atoms with Gasteiger partial charge in [-0.3, -0.25) is 0 Å². The van der Waals surface area contributed by atoms with Gasteiger partial charge in [0.2, 0.25) is 5.88 Å². The Morgan fingerprint density at radius 1 is 1.29 bits per heavy atom. The molecule has 0 saturated carbocycles. The van der Waals surface area contributed by atoms with Crippen LogP contribution in [0.4, 0.5) is 13.2 Å². The van der Waals surface area contributed by atoms with Crippen LogP contribution in [0.5, 0.6) is 5.88 Å². The first-order chi connectivity index (χ1) is 9.53. The Kier molecular flexibility index (Phi) is 4.98. The van der Waals surface area contributed by atoms with Crippen LogP contribution >= 0.6 is 0 Å². The summed E-state index contributed by atoms with van der Waals surface area (Å²) in [6.45, 7) is 5.06. The summed E-state index contributed by atoms with van der Waals surface area (Å²) in [6, 6.07) is 0.854. The second-order valence-corrected chi connectivity index (χ2v) is 5.19. The summed E-state index contributed by atoms with van der Waals surface area (Å²) < 4.78 is 47.8. The third-order valence-corrected chi connectivity index (χ3v) is 2.21. The summed E-state index contributed by atoms with van der Waals surface area (Å²) >= 11 is 0. The first-order valence-corrected chi connectivity index (χ1v) is 6.05. The molecule has 0 fully saturated rings. The smallest absolute Gasteiger partial charge is 0.417 e. The number of methoxy groups -OCH3 is 1. The number of carbonyl (C=O) groups excluding carboxylic acids is 1. The van der Waals surface area contributed by atoms with E-state index in [-0.39, 0.29) is 11.4 Å².